The molecule has 24 heavy (non-hydrogen) atoms. The number of nitrogens with two attached hydrogens (primary N) is 1. The van der Waals surface area contributed by atoms with E-state index < -0.39 is 35.9 Å². The number of nitrogens with zero attached hydrogens (tertiary/aromatic N) is 1. The first-order valence-electron chi connectivity index (χ1n) is 7.79. The number of alkyl halides is 1. The molecule has 1 aromatic carbocycles. The van der Waals surface area contributed by atoms with Crippen molar-refractivity contribution >= 4 is 12.1 Å². The van der Waals surface area contributed by atoms with E-state index in [-0.39, 0.29) is 13.2 Å². The van der Waals surface area contributed by atoms with Gasteiger partial charge in [-0.1, -0.05) is 30.3 Å². The van der Waals surface area contributed by atoms with E-state index in [1.165, 1.54) is 0 Å². The lowest BCUT2D eigenvalue weighted by molar-refractivity contribution is -0.151. The maximum absolute atomic E-state index is 14.3. The zero-order valence-corrected chi connectivity index (χ0v) is 14.1. The summed E-state index contributed by atoms with van der Waals surface area (Å²) in [7, 11) is 0. The van der Waals surface area contributed by atoms with Gasteiger partial charge >= 0.3 is 12.1 Å². The summed E-state index contributed by atoms with van der Waals surface area (Å²) in [6.45, 7) is 4.98. The molecule has 0 aromatic heterocycles. The van der Waals surface area contributed by atoms with Crippen LogP contribution >= 0.6 is 0 Å². The predicted molar refractivity (Wildman–Crippen MR) is 85.8 cm³/mol. The van der Waals surface area contributed by atoms with Gasteiger partial charge in [0.2, 0.25) is 0 Å². The maximum atomic E-state index is 14.3. The number of carbonyl (C=O) groups excluding carboxylic acids is 2. The van der Waals surface area contributed by atoms with E-state index in [1.54, 1.807) is 45.0 Å². The zero-order valence-electron chi connectivity index (χ0n) is 14.1. The summed E-state index contributed by atoms with van der Waals surface area (Å²) in [6, 6.07) is 6.67. The molecule has 0 bridgehead atoms. The Labute approximate surface area is 140 Å². The number of halogens is 1. The highest BCUT2D eigenvalue weighted by molar-refractivity contribution is 5.83. The largest absolute Gasteiger partial charge is 0.459 e. The molecule has 1 saturated heterocycles. The summed E-state index contributed by atoms with van der Waals surface area (Å²) >= 11 is 0. The van der Waals surface area contributed by atoms with E-state index in [0.717, 1.165) is 10.5 Å². The Morgan fingerprint density at radius 2 is 1.92 bits per heavy atom. The van der Waals surface area contributed by atoms with Gasteiger partial charge in [-0.25, -0.2) is 14.0 Å². The summed E-state index contributed by atoms with van der Waals surface area (Å²) in [5.74, 6) is -0.829. The van der Waals surface area contributed by atoms with Crippen LogP contribution in [0.1, 0.15) is 26.3 Å². The fraction of sp³-hybridized carbons (Fsp3) is 0.529. The van der Waals surface area contributed by atoms with Gasteiger partial charge in [0.05, 0.1) is 6.04 Å². The molecule has 0 aliphatic carbocycles. The van der Waals surface area contributed by atoms with Crippen LogP contribution in [0, 0.1) is 0 Å². The minimum atomic E-state index is -1.69. The first kappa shape index (κ1) is 18.2. The molecule has 132 valence electrons. The first-order chi connectivity index (χ1) is 11.2. The monoisotopic (exact) mass is 338 g/mol. The summed E-state index contributed by atoms with van der Waals surface area (Å²) < 4.78 is 24.7. The molecule has 2 rings (SSSR count). The summed E-state index contributed by atoms with van der Waals surface area (Å²) in [6.07, 6.45) is -2.47. The van der Waals surface area contributed by atoms with Crippen LogP contribution in [-0.4, -0.2) is 47.4 Å². The predicted octanol–water partition coefficient (Wildman–Crippen LogP) is 2.01. The molecule has 0 radical (unpaired) electrons. The van der Waals surface area contributed by atoms with Gasteiger partial charge < -0.3 is 15.2 Å². The zero-order chi connectivity index (χ0) is 17.9. The highest BCUT2D eigenvalue weighted by atomic mass is 19.1. The van der Waals surface area contributed by atoms with Crippen LogP contribution in [0.3, 0.4) is 0 Å². The molecule has 1 amide bonds. The normalized spacial score (nSPS) is 23.9. The number of hydrogen-bond acceptors (Lipinski definition) is 5. The standard InChI is InChI=1S/C17H23FN2O4/c1-17(2,3)24-16(22)20-9-12(19)13(18)14(20)15(21)23-10-11-7-5-4-6-8-11/h4-8,12-14H,9-10,19H2,1-3H3/t12-,13+,14+/m1/s1. The van der Waals surface area contributed by atoms with Crippen molar-refractivity contribution in [1.29, 1.82) is 0 Å². The quantitative estimate of drug-likeness (QED) is 0.853. The van der Waals surface area contributed by atoms with Crippen molar-refractivity contribution in [3.8, 4) is 0 Å². The van der Waals surface area contributed by atoms with Crippen molar-refractivity contribution in [2.75, 3.05) is 6.54 Å². The lowest BCUT2D eigenvalue weighted by Gasteiger charge is -2.27. The van der Waals surface area contributed by atoms with Gasteiger partial charge in [0.1, 0.15) is 18.4 Å². The molecular weight excluding hydrogens is 315 g/mol. The molecule has 1 aliphatic rings. The Morgan fingerprint density at radius 3 is 2.50 bits per heavy atom. The van der Waals surface area contributed by atoms with Crippen LogP contribution in [0.25, 0.3) is 0 Å². The highest BCUT2D eigenvalue weighted by Gasteiger charge is 2.49. The molecular formula is C17H23FN2O4. The second-order valence-corrected chi connectivity index (χ2v) is 6.78. The van der Waals surface area contributed by atoms with Gasteiger partial charge in [0.25, 0.3) is 0 Å². The van der Waals surface area contributed by atoms with Crippen LogP contribution in [0.2, 0.25) is 0 Å². The van der Waals surface area contributed by atoms with Crippen molar-refractivity contribution in [3.63, 3.8) is 0 Å². The topological polar surface area (TPSA) is 81.9 Å². The molecule has 0 spiro atoms. The molecule has 1 heterocycles. The molecule has 0 unspecified atom stereocenters. The van der Waals surface area contributed by atoms with E-state index in [1.807, 2.05) is 6.07 Å². The van der Waals surface area contributed by atoms with Gasteiger partial charge in [0, 0.05) is 6.54 Å². The Kier molecular flexibility index (Phi) is 5.43. The highest BCUT2D eigenvalue weighted by Crippen LogP contribution is 2.24. The van der Waals surface area contributed by atoms with E-state index in [2.05, 4.69) is 0 Å². The first-order valence-corrected chi connectivity index (χ1v) is 7.79. The lowest BCUT2D eigenvalue weighted by atomic mass is 10.1. The SMILES string of the molecule is CC(C)(C)OC(=O)N1C[C@@H](N)[C@H](F)[C@H]1C(=O)OCc1ccccc1. The molecule has 3 atom stereocenters. The molecule has 1 fully saturated rings. The molecule has 2 N–H and O–H groups in total. The van der Waals surface area contributed by atoms with Gasteiger partial charge in [0.15, 0.2) is 6.04 Å². The van der Waals surface area contributed by atoms with Crippen LogP contribution in [0.4, 0.5) is 9.18 Å². The molecule has 0 saturated carbocycles. The third kappa shape index (κ3) is 4.44. The maximum Gasteiger partial charge on any atom is 0.411 e. The number of carbonyl (C=O) groups is 2. The van der Waals surface area contributed by atoms with Crippen molar-refractivity contribution in [3.05, 3.63) is 35.9 Å². The van der Waals surface area contributed by atoms with E-state index in [9.17, 15) is 14.0 Å². The Hall–Kier alpha value is -2.15. The van der Waals surface area contributed by atoms with E-state index in [0.29, 0.717) is 0 Å². The van der Waals surface area contributed by atoms with Crippen LogP contribution in [0.5, 0.6) is 0 Å². The van der Waals surface area contributed by atoms with Gasteiger partial charge in [-0.15, -0.1) is 0 Å². The average molecular weight is 338 g/mol. The number of ether oxygens (including phenoxy) is 2. The summed E-state index contributed by atoms with van der Waals surface area (Å²) in [4.78, 5) is 25.5. The molecule has 6 nitrogen and oxygen atoms in total. The number of amides is 1. The molecule has 7 heteroatoms. The van der Waals surface area contributed by atoms with Gasteiger partial charge in [-0.3, -0.25) is 4.90 Å². The number of esters is 1. The fourth-order valence-corrected chi connectivity index (χ4v) is 2.43. The second kappa shape index (κ2) is 7.17. The number of benzene rings is 1. The Bertz CT molecular complexity index is 588. The van der Waals surface area contributed by atoms with Gasteiger partial charge in [-0.05, 0) is 26.3 Å². The summed E-state index contributed by atoms with van der Waals surface area (Å²) in [5.41, 5.74) is 5.69. The van der Waals surface area contributed by atoms with Gasteiger partial charge in [-0.2, -0.15) is 0 Å². The fourth-order valence-electron chi connectivity index (χ4n) is 2.43. The number of hydrogen-bond donors (Lipinski definition) is 1. The van der Waals surface area contributed by atoms with E-state index >= 15 is 0 Å². The van der Waals surface area contributed by atoms with Crippen molar-refractivity contribution in [1.82, 2.24) is 4.90 Å². The minimum absolute atomic E-state index is 0.000288. The Morgan fingerprint density at radius 1 is 1.29 bits per heavy atom. The molecule has 1 aromatic rings. The minimum Gasteiger partial charge on any atom is -0.459 e. The van der Waals surface area contributed by atoms with Crippen LogP contribution < -0.4 is 5.73 Å². The van der Waals surface area contributed by atoms with Crippen molar-refractivity contribution in [2.24, 2.45) is 5.73 Å². The van der Waals surface area contributed by atoms with Crippen LogP contribution in [0.15, 0.2) is 30.3 Å². The molecule has 1 aliphatic heterocycles. The smallest absolute Gasteiger partial charge is 0.411 e. The van der Waals surface area contributed by atoms with Crippen molar-refractivity contribution in [2.45, 2.75) is 51.2 Å². The summed E-state index contributed by atoms with van der Waals surface area (Å²) in [5, 5.41) is 0. The van der Waals surface area contributed by atoms with Crippen LogP contribution in [-0.2, 0) is 20.9 Å². The third-order valence-electron chi connectivity index (χ3n) is 3.55. The Balaban J connectivity index is 2.06. The lowest BCUT2D eigenvalue weighted by Crippen LogP contribution is -2.47. The van der Waals surface area contributed by atoms with Crippen molar-refractivity contribution < 1.29 is 23.5 Å². The number of likely N-dealkylation sites (tertiary alicyclic amines) is 1. The average Bonchev–Trinajstić information content (AvgIpc) is 2.80. The number of rotatable bonds is 3. The van der Waals surface area contributed by atoms with E-state index in [4.69, 9.17) is 15.2 Å². The third-order valence-corrected chi connectivity index (χ3v) is 3.55. The second-order valence-electron chi connectivity index (χ2n) is 6.78.